The molecule has 0 radical (unpaired) electrons. The second-order valence-electron chi connectivity index (χ2n) is 5.95. The van der Waals surface area contributed by atoms with Crippen molar-refractivity contribution in [3.05, 3.63) is 52.4 Å². The maximum atomic E-state index is 12.8. The molecule has 0 aliphatic carbocycles. The fraction of sp³-hybridized carbons (Fsp3) is 0.353. The van der Waals surface area contributed by atoms with E-state index >= 15 is 0 Å². The number of nitriles is 1. The van der Waals surface area contributed by atoms with Gasteiger partial charge in [0.05, 0.1) is 10.6 Å². The number of nitrogens with zero attached hydrogens (tertiary/aromatic N) is 5. The molecule has 5 nitrogen and oxygen atoms in total. The SMILES string of the molecule is N#Cc1cnc(N2CCN(Cc3ccnc(C(F)(F)F)c3)CC2)c(Cl)c1. The molecule has 1 saturated heterocycles. The average molecular weight is 382 g/mol. The van der Waals surface area contributed by atoms with Crippen LogP contribution in [0.4, 0.5) is 19.0 Å². The van der Waals surface area contributed by atoms with E-state index in [-0.39, 0.29) is 0 Å². The number of halogens is 4. The van der Waals surface area contributed by atoms with Gasteiger partial charge in [-0.15, -0.1) is 0 Å². The number of hydrogen-bond acceptors (Lipinski definition) is 5. The Bertz CT molecular complexity index is 826. The molecular weight excluding hydrogens is 367 g/mol. The summed E-state index contributed by atoms with van der Waals surface area (Å²) < 4.78 is 38.3. The highest BCUT2D eigenvalue weighted by atomic mass is 35.5. The van der Waals surface area contributed by atoms with Gasteiger partial charge in [-0.1, -0.05) is 11.6 Å². The van der Waals surface area contributed by atoms with Crippen molar-refractivity contribution >= 4 is 17.4 Å². The fourth-order valence-corrected chi connectivity index (χ4v) is 3.11. The molecule has 0 atom stereocenters. The molecule has 3 rings (SSSR count). The Hall–Kier alpha value is -2.37. The van der Waals surface area contributed by atoms with Gasteiger partial charge in [-0.05, 0) is 23.8 Å². The van der Waals surface area contributed by atoms with E-state index in [0.29, 0.717) is 54.7 Å². The molecule has 1 aliphatic heterocycles. The van der Waals surface area contributed by atoms with Gasteiger partial charge in [0, 0.05) is 45.1 Å². The predicted molar refractivity (Wildman–Crippen MR) is 90.7 cm³/mol. The molecule has 0 saturated carbocycles. The lowest BCUT2D eigenvalue weighted by Gasteiger charge is -2.35. The maximum absolute atomic E-state index is 12.8. The van der Waals surface area contributed by atoms with Crippen LogP contribution in [0.2, 0.25) is 5.02 Å². The van der Waals surface area contributed by atoms with Crippen LogP contribution in [0, 0.1) is 11.3 Å². The zero-order valence-corrected chi connectivity index (χ0v) is 14.4. The van der Waals surface area contributed by atoms with E-state index in [1.807, 2.05) is 11.0 Å². The molecule has 0 amide bonds. The van der Waals surface area contributed by atoms with Crippen molar-refractivity contribution in [2.24, 2.45) is 0 Å². The first-order valence-corrected chi connectivity index (χ1v) is 8.29. The summed E-state index contributed by atoms with van der Waals surface area (Å²) >= 11 is 6.19. The zero-order valence-electron chi connectivity index (χ0n) is 13.7. The molecule has 1 aliphatic rings. The Balaban J connectivity index is 1.62. The second kappa shape index (κ2) is 7.48. The summed E-state index contributed by atoms with van der Waals surface area (Å²) in [5.41, 5.74) is 0.105. The van der Waals surface area contributed by atoms with Crippen molar-refractivity contribution in [2.75, 3.05) is 31.1 Å². The lowest BCUT2D eigenvalue weighted by Crippen LogP contribution is -2.46. The van der Waals surface area contributed by atoms with Crippen molar-refractivity contribution in [3.63, 3.8) is 0 Å². The zero-order chi connectivity index (χ0) is 18.7. The third-order valence-electron chi connectivity index (χ3n) is 4.14. The molecule has 0 bridgehead atoms. The van der Waals surface area contributed by atoms with E-state index < -0.39 is 11.9 Å². The van der Waals surface area contributed by atoms with Gasteiger partial charge in [0.15, 0.2) is 0 Å². The number of piperazine rings is 1. The summed E-state index contributed by atoms with van der Waals surface area (Å²) in [6.07, 6.45) is -1.77. The standard InChI is InChI=1S/C17H15ClF3N5/c18-14-7-13(9-22)10-24-16(14)26-5-3-25(4-6-26)11-12-1-2-23-15(8-12)17(19,20)21/h1-2,7-8,10H,3-6,11H2. The van der Waals surface area contributed by atoms with Gasteiger partial charge in [-0.3, -0.25) is 9.88 Å². The molecule has 2 aromatic rings. The van der Waals surface area contributed by atoms with E-state index in [1.54, 1.807) is 12.1 Å². The monoisotopic (exact) mass is 381 g/mol. The van der Waals surface area contributed by atoms with Crippen LogP contribution in [0.5, 0.6) is 0 Å². The van der Waals surface area contributed by atoms with Crippen molar-refractivity contribution in [3.8, 4) is 6.07 Å². The molecule has 0 N–H and O–H groups in total. The first-order chi connectivity index (χ1) is 12.4. The first kappa shape index (κ1) is 18.4. The molecule has 26 heavy (non-hydrogen) atoms. The maximum Gasteiger partial charge on any atom is 0.433 e. The van der Waals surface area contributed by atoms with Gasteiger partial charge in [-0.25, -0.2) is 4.98 Å². The smallest absolute Gasteiger partial charge is 0.353 e. The third kappa shape index (κ3) is 4.23. The Labute approximate surface area is 153 Å². The fourth-order valence-electron chi connectivity index (χ4n) is 2.83. The number of aromatic nitrogens is 2. The van der Waals surface area contributed by atoms with Gasteiger partial charge < -0.3 is 4.90 Å². The Morgan fingerprint density at radius 1 is 1.15 bits per heavy atom. The summed E-state index contributed by atoms with van der Waals surface area (Å²) in [6, 6.07) is 6.25. The highest BCUT2D eigenvalue weighted by Gasteiger charge is 2.32. The average Bonchev–Trinajstić information content (AvgIpc) is 2.62. The highest BCUT2D eigenvalue weighted by molar-refractivity contribution is 6.33. The minimum Gasteiger partial charge on any atom is -0.353 e. The third-order valence-corrected chi connectivity index (χ3v) is 4.42. The minimum absolute atomic E-state index is 0.399. The molecular formula is C17H15ClF3N5. The molecule has 1 fully saturated rings. The van der Waals surface area contributed by atoms with E-state index in [2.05, 4.69) is 14.9 Å². The van der Waals surface area contributed by atoms with Crippen LogP contribution in [0.25, 0.3) is 0 Å². The van der Waals surface area contributed by atoms with Crippen molar-refractivity contribution in [1.82, 2.24) is 14.9 Å². The Morgan fingerprint density at radius 2 is 1.88 bits per heavy atom. The lowest BCUT2D eigenvalue weighted by atomic mass is 10.2. The molecule has 3 heterocycles. The van der Waals surface area contributed by atoms with E-state index in [1.165, 1.54) is 12.4 Å². The summed E-state index contributed by atoms with van der Waals surface area (Å²) in [7, 11) is 0. The van der Waals surface area contributed by atoms with Crippen molar-refractivity contribution in [1.29, 1.82) is 5.26 Å². The number of anilines is 1. The molecule has 136 valence electrons. The van der Waals surface area contributed by atoms with Crippen molar-refractivity contribution in [2.45, 2.75) is 12.7 Å². The minimum atomic E-state index is -4.44. The van der Waals surface area contributed by atoms with Crippen molar-refractivity contribution < 1.29 is 13.2 Å². The van der Waals surface area contributed by atoms with Gasteiger partial charge in [0.1, 0.15) is 17.6 Å². The summed E-state index contributed by atoms with van der Waals surface area (Å²) in [5.74, 6) is 0.619. The Morgan fingerprint density at radius 3 is 2.50 bits per heavy atom. The largest absolute Gasteiger partial charge is 0.433 e. The summed E-state index contributed by atoms with van der Waals surface area (Å²) in [4.78, 5) is 11.7. The predicted octanol–water partition coefficient (Wildman–Crippen LogP) is 3.34. The number of hydrogen-bond donors (Lipinski definition) is 0. The quantitative estimate of drug-likeness (QED) is 0.816. The molecule has 0 unspecified atom stereocenters. The summed E-state index contributed by atoms with van der Waals surface area (Å²) in [6.45, 7) is 3.06. The van der Waals surface area contributed by atoms with Gasteiger partial charge >= 0.3 is 6.18 Å². The first-order valence-electron chi connectivity index (χ1n) is 7.92. The molecule has 0 spiro atoms. The summed E-state index contributed by atoms with van der Waals surface area (Å²) in [5, 5.41) is 9.28. The number of alkyl halides is 3. The van der Waals surface area contributed by atoms with Crippen LogP contribution in [0.1, 0.15) is 16.8 Å². The molecule has 0 aromatic carbocycles. The molecule has 2 aromatic heterocycles. The number of rotatable bonds is 3. The van der Waals surface area contributed by atoms with Gasteiger partial charge in [0.2, 0.25) is 0 Å². The van der Waals surface area contributed by atoms with E-state index in [0.717, 1.165) is 6.07 Å². The van der Waals surface area contributed by atoms with Crippen LogP contribution in [0.3, 0.4) is 0 Å². The lowest BCUT2D eigenvalue weighted by molar-refractivity contribution is -0.141. The van der Waals surface area contributed by atoms with Gasteiger partial charge in [-0.2, -0.15) is 18.4 Å². The van der Waals surface area contributed by atoms with Crippen LogP contribution >= 0.6 is 11.6 Å². The van der Waals surface area contributed by atoms with Crippen LogP contribution < -0.4 is 4.90 Å². The normalized spacial score (nSPS) is 15.7. The van der Waals surface area contributed by atoms with E-state index in [9.17, 15) is 13.2 Å². The van der Waals surface area contributed by atoms with Gasteiger partial charge in [0.25, 0.3) is 0 Å². The highest BCUT2D eigenvalue weighted by Crippen LogP contribution is 2.28. The van der Waals surface area contributed by atoms with Crippen LogP contribution in [0.15, 0.2) is 30.6 Å². The Kier molecular flexibility index (Phi) is 5.30. The molecule has 9 heteroatoms. The topological polar surface area (TPSA) is 56.1 Å². The van der Waals surface area contributed by atoms with Crippen LogP contribution in [-0.4, -0.2) is 41.0 Å². The van der Waals surface area contributed by atoms with Crippen LogP contribution in [-0.2, 0) is 12.7 Å². The van der Waals surface area contributed by atoms with E-state index in [4.69, 9.17) is 16.9 Å². The number of pyridine rings is 2. The second-order valence-corrected chi connectivity index (χ2v) is 6.36.